The number of rotatable bonds is 4. The van der Waals surface area contributed by atoms with Gasteiger partial charge in [-0.3, -0.25) is 9.59 Å². The lowest BCUT2D eigenvalue weighted by Crippen LogP contribution is -2.43. The maximum absolute atomic E-state index is 12.6. The molecular weight excluding hydrogens is 240 g/mol. The SMILES string of the molecule is Cc1ccc(C(=O)N(C2CC2)[C@@H](C)C2CC2)c(=O)[nH]1. The first kappa shape index (κ1) is 12.5. The second kappa shape index (κ2) is 4.51. The third-order valence-corrected chi connectivity index (χ3v) is 4.20. The van der Waals surface area contributed by atoms with E-state index >= 15 is 0 Å². The number of hydrogen-bond acceptors (Lipinski definition) is 2. The minimum Gasteiger partial charge on any atom is -0.333 e. The van der Waals surface area contributed by atoms with Gasteiger partial charge in [0, 0.05) is 17.8 Å². The van der Waals surface area contributed by atoms with Crippen LogP contribution in [0.25, 0.3) is 0 Å². The quantitative estimate of drug-likeness (QED) is 0.901. The maximum Gasteiger partial charge on any atom is 0.260 e. The summed E-state index contributed by atoms with van der Waals surface area (Å²) in [6.07, 6.45) is 4.57. The highest BCUT2D eigenvalue weighted by Crippen LogP contribution is 2.40. The molecule has 3 rings (SSSR count). The summed E-state index contributed by atoms with van der Waals surface area (Å²) in [5, 5.41) is 0. The zero-order chi connectivity index (χ0) is 13.6. The summed E-state index contributed by atoms with van der Waals surface area (Å²) in [6, 6.07) is 4.07. The molecule has 4 nitrogen and oxygen atoms in total. The molecule has 0 radical (unpaired) electrons. The number of carbonyl (C=O) groups is 1. The van der Waals surface area contributed by atoms with Crippen molar-refractivity contribution in [1.82, 2.24) is 9.88 Å². The zero-order valence-electron chi connectivity index (χ0n) is 11.5. The highest BCUT2D eigenvalue weighted by Gasteiger charge is 2.42. The predicted octanol–water partition coefficient (Wildman–Crippen LogP) is 2.09. The molecule has 0 bridgehead atoms. The summed E-state index contributed by atoms with van der Waals surface area (Å²) in [7, 11) is 0. The van der Waals surface area contributed by atoms with Crippen LogP contribution in [0, 0.1) is 12.8 Å². The fourth-order valence-corrected chi connectivity index (χ4v) is 2.72. The number of pyridine rings is 1. The number of amides is 1. The van der Waals surface area contributed by atoms with E-state index in [1.54, 1.807) is 12.1 Å². The van der Waals surface area contributed by atoms with E-state index in [9.17, 15) is 9.59 Å². The number of aryl methyl sites for hydroxylation is 1. The Kier molecular flexibility index (Phi) is 2.96. The number of carbonyl (C=O) groups excluding carboxylic acids is 1. The Morgan fingerprint density at radius 3 is 2.53 bits per heavy atom. The Morgan fingerprint density at radius 2 is 2.00 bits per heavy atom. The molecule has 102 valence electrons. The molecule has 2 aliphatic carbocycles. The largest absolute Gasteiger partial charge is 0.333 e. The van der Waals surface area contributed by atoms with E-state index < -0.39 is 0 Å². The Bertz CT molecular complexity index is 556. The summed E-state index contributed by atoms with van der Waals surface area (Å²) >= 11 is 0. The highest BCUT2D eigenvalue weighted by molar-refractivity contribution is 5.94. The van der Waals surface area contributed by atoms with Gasteiger partial charge in [-0.2, -0.15) is 0 Å². The molecular formula is C15H20N2O2. The first-order valence-electron chi connectivity index (χ1n) is 7.10. The average Bonchev–Trinajstić information content (AvgIpc) is 3.22. The van der Waals surface area contributed by atoms with Gasteiger partial charge in [0.1, 0.15) is 5.56 Å². The Morgan fingerprint density at radius 1 is 1.32 bits per heavy atom. The first-order valence-corrected chi connectivity index (χ1v) is 7.10. The summed E-state index contributed by atoms with van der Waals surface area (Å²) in [4.78, 5) is 29.2. The van der Waals surface area contributed by atoms with Crippen LogP contribution in [0.4, 0.5) is 0 Å². The number of H-pyrrole nitrogens is 1. The van der Waals surface area contributed by atoms with Crippen molar-refractivity contribution >= 4 is 5.91 Å². The van der Waals surface area contributed by atoms with Crippen molar-refractivity contribution < 1.29 is 4.79 Å². The lowest BCUT2D eigenvalue weighted by Gasteiger charge is -2.29. The molecule has 1 N–H and O–H groups in total. The smallest absolute Gasteiger partial charge is 0.260 e. The van der Waals surface area contributed by atoms with E-state index in [1.807, 2.05) is 11.8 Å². The molecule has 2 fully saturated rings. The van der Waals surface area contributed by atoms with Crippen LogP contribution in [0.15, 0.2) is 16.9 Å². The van der Waals surface area contributed by atoms with E-state index in [4.69, 9.17) is 0 Å². The molecule has 0 aliphatic heterocycles. The summed E-state index contributed by atoms with van der Waals surface area (Å²) in [5.41, 5.74) is 0.804. The average molecular weight is 260 g/mol. The summed E-state index contributed by atoms with van der Waals surface area (Å²) in [6.45, 7) is 3.94. The van der Waals surface area contributed by atoms with Gasteiger partial charge in [-0.15, -0.1) is 0 Å². The van der Waals surface area contributed by atoms with E-state index in [0.717, 1.165) is 18.5 Å². The minimum absolute atomic E-state index is 0.0943. The van der Waals surface area contributed by atoms with Gasteiger partial charge in [0.2, 0.25) is 0 Å². The third kappa shape index (κ3) is 2.44. The van der Waals surface area contributed by atoms with Crippen LogP contribution in [-0.4, -0.2) is 27.9 Å². The molecule has 1 atom stereocenters. The minimum atomic E-state index is -0.265. The fraction of sp³-hybridized carbons (Fsp3) is 0.600. The number of aromatic amines is 1. The lowest BCUT2D eigenvalue weighted by atomic mass is 10.1. The topological polar surface area (TPSA) is 53.2 Å². The molecule has 0 aromatic carbocycles. The zero-order valence-corrected chi connectivity index (χ0v) is 11.5. The van der Waals surface area contributed by atoms with Crippen LogP contribution in [0.1, 0.15) is 48.7 Å². The molecule has 0 spiro atoms. The van der Waals surface area contributed by atoms with Crippen molar-refractivity contribution in [2.75, 3.05) is 0 Å². The molecule has 1 heterocycles. The molecule has 1 amide bonds. The Labute approximate surface area is 112 Å². The molecule has 1 aromatic rings. The van der Waals surface area contributed by atoms with Crippen molar-refractivity contribution in [2.24, 2.45) is 5.92 Å². The van der Waals surface area contributed by atoms with E-state index in [2.05, 4.69) is 11.9 Å². The fourth-order valence-electron chi connectivity index (χ4n) is 2.72. The van der Waals surface area contributed by atoms with Crippen LogP contribution in [0.3, 0.4) is 0 Å². The molecule has 2 aliphatic rings. The van der Waals surface area contributed by atoms with Gasteiger partial charge in [0.05, 0.1) is 0 Å². The normalized spacial score (nSPS) is 20.1. The monoisotopic (exact) mass is 260 g/mol. The molecule has 19 heavy (non-hydrogen) atoms. The van der Waals surface area contributed by atoms with Gasteiger partial charge in [-0.25, -0.2) is 0 Å². The third-order valence-electron chi connectivity index (χ3n) is 4.20. The van der Waals surface area contributed by atoms with Gasteiger partial charge in [0.15, 0.2) is 0 Å². The first-order chi connectivity index (χ1) is 9.08. The van der Waals surface area contributed by atoms with Crippen molar-refractivity contribution in [1.29, 1.82) is 0 Å². The molecule has 2 saturated carbocycles. The van der Waals surface area contributed by atoms with E-state index in [1.165, 1.54) is 12.8 Å². The predicted molar refractivity (Wildman–Crippen MR) is 73.2 cm³/mol. The van der Waals surface area contributed by atoms with Crippen molar-refractivity contribution in [2.45, 2.75) is 51.6 Å². The second-order valence-electron chi connectivity index (χ2n) is 5.91. The number of nitrogens with zero attached hydrogens (tertiary/aromatic N) is 1. The van der Waals surface area contributed by atoms with Gasteiger partial charge in [0.25, 0.3) is 11.5 Å². The van der Waals surface area contributed by atoms with Gasteiger partial charge >= 0.3 is 0 Å². The summed E-state index contributed by atoms with van der Waals surface area (Å²) < 4.78 is 0. The van der Waals surface area contributed by atoms with Crippen molar-refractivity contribution in [3.8, 4) is 0 Å². The Balaban J connectivity index is 1.89. The number of nitrogens with one attached hydrogen (secondary N) is 1. The van der Waals surface area contributed by atoms with Crippen LogP contribution in [0.2, 0.25) is 0 Å². The maximum atomic E-state index is 12.6. The second-order valence-corrected chi connectivity index (χ2v) is 5.91. The van der Waals surface area contributed by atoms with Crippen molar-refractivity contribution in [3.05, 3.63) is 33.7 Å². The van der Waals surface area contributed by atoms with Crippen LogP contribution in [0.5, 0.6) is 0 Å². The number of aromatic nitrogens is 1. The lowest BCUT2D eigenvalue weighted by molar-refractivity contribution is 0.0652. The van der Waals surface area contributed by atoms with E-state index in [-0.39, 0.29) is 23.1 Å². The number of hydrogen-bond donors (Lipinski definition) is 1. The van der Waals surface area contributed by atoms with Crippen LogP contribution in [-0.2, 0) is 0 Å². The molecule has 4 heteroatoms. The highest BCUT2D eigenvalue weighted by atomic mass is 16.2. The van der Waals surface area contributed by atoms with Crippen LogP contribution >= 0.6 is 0 Å². The van der Waals surface area contributed by atoms with Crippen molar-refractivity contribution in [3.63, 3.8) is 0 Å². The van der Waals surface area contributed by atoms with Gasteiger partial charge in [-0.1, -0.05) is 0 Å². The molecule has 0 unspecified atom stereocenters. The van der Waals surface area contributed by atoms with E-state index in [0.29, 0.717) is 12.0 Å². The Hall–Kier alpha value is -1.58. The molecule has 1 aromatic heterocycles. The molecule has 0 saturated heterocycles. The van der Waals surface area contributed by atoms with Gasteiger partial charge in [-0.05, 0) is 57.6 Å². The summed E-state index contributed by atoms with van der Waals surface area (Å²) in [5.74, 6) is 0.539. The standard InChI is InChI=1S/C15H20N2O2/c1-9-3-8-13(14(18)16-9)15(19)17(12-6-7-12)10(2)11-4-5-11/h3,8,10-12H,4-7H2,1-2H3,(H,16,18)/t10-/m0/s1. The van der Waals surface area contributed by atoms with Gasteiger partial charge < -0.3 is 9.88 Å². The van der Waals surface area contributed by atoms with Crippen LogP contribution < -0.4 is 5.56 Å².